The molecule has 6 N–H and O–H groups in total. The molecule has 0 aliphatic carbocycles. The Labute approximate surface area is 96.3 Å². The predicted octanol–water partition coefficient (Wildman–Crippen LogP) is -1.56. The zero-order chi connectivity index (χ0) is 14.0. The number of nitrogens with two attached hydrogens (primary N) is 1. The minimum Gasteiger partial charge on any atom is -0.478 e. The molecule has 0 fully saturated rings. The third-order valence-electron chi connectivity index (χ3n) is 1.18. The third-order valence-corrected chi connectivity index (χ3v) is 1.18. The van der Waals surface area contributed by atoms with Gasteiger partial charge in [0, 0.05) is 18.1 Å². The van der Waals surface area contributed by atoms with Crippen molar-refractivity contribution < 1.29 is 34.8 Å². The molecule has 0 aromatic carbocycles. The summed E-state index contributed by atoms with van der Waals surface area (Å²) in [6, 6.07) is 0. The first kappa shape index (κ1) is 17.2. The first-order valence-electron chi connectivity index (χ1n) is 4.15. The Morgan fingerprint density at radius 2 is 1.65 bits per heavy atom. The average molecular weight is 247 g/mol. The van der Waals surface area contributed by atoms with E-state index in [1.54, 1.807) is 0 Å². The summed E-state index contributed by atoms with van der Waals surface area (Å²) < 4.78 is 0. The van der Waals surface area contributed by atoms with E-state index in [4.69, 9.17) is 20.4 Å². The lowest BCUT2D eigenvalue weighted by atomic mass is 10.2. The van der Waals surface area contributed by atoms with Crippen LogP contribution in [-0.4, -0.2) is 44.6 Å². The SMILES string of the molecule is C=CC(N)=O.O=C(O)C=C(CC(O)O)C(=O)O. The molecule has 17 heavy (non-hydrogen) atoms. The maximum absolute atomic E-state index is 10.2. The fraction of sp³-hybridized carbons (Fsp3) is 0.222. The Kier molecular flexibility index (Phi) is 9.18. The summed E-state index contributed by atoms with van der Waals surface area (Å²) in [4.78, 5) is 29.7. The number of carbonyl (C=O) groups is 3. The Bertz CT molecular complexity index is 332. The van der Waals surface area contributed by atoms with Gasteiger partial charge < -0.3 is 26.2 Å². The van der Waals surface area contributed by atoms with Crippen LogP contribution in [0.25, 0.3) is 0 Å². The van der Waals surface area contributed by atoms with Crippen LogP contribution in [0.15, 0.2) is 24.3 Å². The molecule has 96 valence electrons. The average Bonchev–Trinajstić information content (AvgIpc) is 2.16. The van der Waals surface area contributed by atoms with Gasteiger partial charge >= 0.3 is 11.9 Å². The van der Waals surface area contributed by atoms with Crippen LogP contribution in [0.1, 0.15) is 6.42 Å². The van der Waals surface area contributed by atoms with Gasteiger partial charge in [-0.25, -0.2) is 9.59 Å². The van der Waals surface area contributed by atoms with Crippen molar-refractivity contribution in [1.29, 1.82) is 0 Å². The molecule has 0 rings (SSSR count). The molecule has 0 aromatic heterocycles. The van der Waals surface area contributed by atoms with Crippen LogP contribution in [-0.2, 0) is 14.4 Å². The standard InChI is InChI=1S/C6H8O6.C3H5NO/c7-4(8)1-3(6(11)12)2-5(9)10;1-2-3(4)5/h1,5,9-10H,2H2,(H,7,8)(H,11,12);2H,1H2,(H2,4,5). The lowest BCUT2D eigenvalue weighted by Gasteiger charge is -2.02. The molecule has 0 saturated heterocycles. The number of amides is 1. The minimum absolute atomic E-state index is 0.418. The van der Waals surface area contributed by atoms with Gasteiger partial charge in [-0.1, -0.05) is 6.58 Å². The van der Waals surface area contributed by atoms with Gasteiger partial charge in [0.25, 0.3) is 0 Å². The quantitative estimate of drug-likeness (QED) is 0.290. The number of carboxylic acid groups (broad SMARTS) is 2. The fourth-order valence-electron chi connectivity index (χ4n) is 0.554. The van der Waals surface area contributed by atoms with Gasteiger partial charge in [-0.15, -0.1) is 0 Å². The van der Waals surface area contributed by atoms with Crippen molar-refractivity contribution in [2.75, 3.05) is 0 Å². The van der Waals surface area contributed by atoms with Crippen LogP contribution >= 0.6 is 0 Å². The summed E-state index contributed by atoms with van der Waals surface area (Å²) in [5, 5.41) is 33.1. The van der Waals surface area contributed by atoms with E-state index in [1.807, 2.05) is 0 Å². The number of carbonyl (C=O) groups excluding carboxylic acids is 1. The number of rotatable bonds is 5. The van der Waals surface area contributed by atoms with Crippen LogP contribution in [0, 0.1) is 0 Å². The monoisotopic (exact) mass is 247 g/mol. The largest absolute Gasteiger partial charge is 0.478 e. The number of aliphatic hydroxyl groups excluding tert-OH is 1. The van der Waals surface area contributed by atoms with Crippen LogP contribution in [0.2, 0.25) is 0 Å². The molecule has 0 spiro atoms. The summed E-state index contributed by atoms with van der Waals surface area (Å²) in [6.07, 6.45) is -0.990. The van der Waals surface area contributed by atoms with Gasteiger partial charge in [0.05, 0.1) is 0 Å². The van der Waals surface area contributed by atoms with Crippen molar-refractivity contribution in [3.05, 3.63) is 24.3 Å². The molecule has 8 nitrogen and oxygen atoms in total. The number of aliphatic hydroxyl groups is 2. The molecule has 0 aromatic rings. The number of carboxylic acids is 2. The lowest BCUT2D eigenvalue weighted by Crippen LogP contribution is -2.12. The van der Waals surface area contributed by atoms with Crippen molar-refractivity contribution >= 4 is 17.8 Å². The molecule has 0 bridgehead atoms. The molecule has 0 heterocycles. The van der Waals surface area contributed by atoms with E-state index in [1.165, 1.54) is 0 Å². The fourth-order valence-corrected chi connectivity index (χ4v) is 0.554. The topological polar surface area (TPSA) is 158 Å². The number of hydrogen-bond donors (Lipinski definition) is 5. The molecule has 0 radical (unpaired) electrons. The minimum atomic E-state index is -1.85. The van der Waals surface area contributed by atoms with E-state index in [0.717, 1.165) is 6.08 Å². The van der Waals surface area contributed by atoms with Gasteiger partial charge in [-0.2, -0.15) is 0 Å². The Morgan fingerprint density at radius 1 is 1.24 bits per heavy atom. The van der Waals surface area contributed by atoms with Crippen molar-refractivity contribution in [3.63, 3.8) is 0 Å². The first-order valence-corrected chi connectivity index (χ1v) is 4.15. The highest BCUT2D eigenvalue weighted by Crippen LogP contribution is 2.03. The van der Waals surface area contributed by atoms with Crippen molar-refractivity contribution in [1.82, 2.24) is 0 Å². The lowest BCUT2D eigenvalue weighted by molar-refractivity contribution is -0.136. The van der Waals surface area contributed by atoms with Crippen LogP contribution in [0.4, 0.5) is 0 Å². The molecular formula is C9H13NO7. The molecule has 1 amide bonds. The Morgan fingerprint density at radius 3 is 1.82 bits per heavy atom. The number of primary amides is 1. The molecule has 0 aliphatic heterocycles. The number of aliphatic carboxylic acids is 2. The second kappa shape index (κ2) is 9.07. The highest BCUT2D eigenvalue weighted by molar-refractivity contribution is 5.94. The number of hydrogen-bond acceptors (Lipinski definition) is 5. The summed E-state index contributed by atoms with van der Waals surface area (Å²) in [5.41, 5.74) is 3.98. The van der Waals surface area contributed by atoms with E-state index in [9.17, 15) is 14.4 Å². The van der Waals surface area contributed by atoms with Crippen molar-refractivity contribution in [2.24, 2.45) is 5.73 Å². The first-order chi connectivity index (χ1) is 7.70. The van der Waals surface area contributed by atoms with Gasteiger partial charge in [0.15, 0.2) is 6.29 Å². The molecule has 0 saturated carbocycles. The third kappa shape index (κ3) is 13.8. The van der Waals surface area contributed by atoms with Gasteiger partial charge in [0.2, 0.25) is 5.91 Å². The van der Waals surface area contributed by atoms with E-state index < -0.39 is 36.1 Å². The molecule has 0 atom stereocenters. The normalized spacial score (nSPS) is 10.2. The van der Waals surface area contributed by atoms with Crippen molar-refractivity contribution in [2.45, 2.75) is 12.7 Å². The summed E-state index contributed by atoms with van der Waals surface area (Å²) in [5.74, 6) is -3.40. The summed E-state index contributed by atoms with van der Waals surface area (Å²) in [6.45, 7) is 3.09. The second-order valence-electron chi connectivity index (χ2n) is 2.60. The van der Waals surface area contributed by atoms with Gasteiger partial charge in [0.1, 0.15) is 0 Å². The predicted molar refractivity (Wildman–Crippen MR) is 55.6 cm³/mol. The zero-order valence-electron chi connectivity index (χ0n) is 8.74. The molecule has 0 aliphatic rings. The second-order valence-corrected chi connectivity index (χ2v) is 2.60. The Hall–Kier alpha value is -2.19. The maximum Gasteiger partial charge on any atom is 0.332 e. The van der Waals surface area contributed by atoms with E-state index in [-0.39, 0.29) is 0 Å². The van der Waals surface area contributed by atoms with E-state index in [2.05, 4.69) is 12.3 Å². The Balaban J connectivity index is 0. The van der Waals surface area contributed by atoms with Gasteiger partial charge in [-0.05, 0) is 6.08 Å². The molecule has 8 heteroatoms. The van der Waals surface area contributed by atoms with E-state index in [0.29, 0.717) is 6.08 Å². The highest BCUT2D eigenvalue weighted by Gasteiger charge is 2.12. The summed E-state index contributed by atoms with van der Waals surface area (Å²) >= 11 is 0. The summed E-state index contributed by atoms with van der Waals surface area (Å²) in [7, 11) is 0. The maximum atomic E-state index is 10.2. The highest BCUT2D eigenvalue weighted by atomic mass is 16.5. The van der Waals surface area contributed by atoms with Crippen LogP contribution < -0.4 is 5.73 Å². The van der Waals surface area contributed by atoms with E-state index >= 15 is 0 Å². The van der Waals surface area contributed by atoms with Crippen LogP contribution in [0.5, 0.6) is 0 Å². The molecule has 0 unspecified atom stereocenters. The van der Waals surface area contributed by atoms with Crippen LogP contribution in [0.3, 0.4) is 0 Å². The van der Waals surface area contributed by atoms with Gasteiger partial charge in [-0.3, -0.25) is 4.79 Å². The molecular weight excluding hydrogens is 234 g/mol. The smallest absolute Gasteiger partial charge is 0.332 e. The van der Waals surface area contributed by atoms with Crippen molar-refractivity contribution in [3.8, 4) is 0 Å². The zero-order valence-corrected chi connectivity index (χ0v) is 8.74.